The molecule has 0 saturated heterocycles. The van der Waals surface area contributed by atoms with Crippen LogP contribution in [0.25, 0.3) is 0 Å². The molecule has 0 aliphatic rings. The summed E-state index contributed by atoms with van der Waals surface area (Å²) in [6, 6.07) is 5.73. The Morgan fingerprint density at radius 2 is 2.00 bits per heavy atom. The Balaban J connectivity index is 2.55. The van der Waals surface area contributed by atoms with Gasteiger partial charge in [0.05, 0.1) is 5.69 Å². The first-order valence-corrected chi connectivity index (χ1v) is 7.67. The third-order valence-electron chi connectivity index (χ3n) is 3.26. The number of aliphatic hydroxyl groups excluding tert-OH is 1. The summed E-state index contributed by atoms with van der Waals surface area (Å²) < 4.78 is 0. The predicted octanol–water partition coefficient (Wildman–Crippen LogP) is 3.64. The Morgan fingerprint density at radius 1 is 1.24 bits per heavy atom. The van der Waals surface area contributed by atoms with Crippen LogP contribution in [-0.2, 0) is 4.79 Å². The first kappa shape index (κ1) is 17.3. The maximum absolute atomic E-state index is 11.9. The Hall–Kier alpha value is -1.79. The molecule has 3 nitrogen and oxygen atoms in total. The van der Waals surface area contributed by atoms with Crippen molar-refractivity contribution < 1.29 is 9.90 Å². The minimum atomic E-state index is -0.182. The van der Waals surface area contributed by atoms with Crippen molar-refractivity contribution in [2.45, 2.75) is 52.4 Å². The predicted molar refractivity (Wildman–Crippen MR) is 87.1 cm³/mol. The van der Waals surface area contributed by atoms with Gasteiger partial charge in [-0.3, -0.25) is 4.79 Å². The van der Waals surface area contributed by atoms with Crippen LogP contribution < -0.4 is 5.32 Å². The number of aliphatic hydroxyl groups is 1. The molecule has 0 bridgehead atoms. The summed E-state index contributed by atoms with van der Waals surface area (Å²) >= 11 is 0. The average molecular weight is 287 g/mol. The molecule has 0 fully saturated rings. The fraction of sp³-hybridized carbons (Fsp3) is 0.500. The van der Waals surface area contributed by atoms with Gasteiger partial charge in [-0.2, -0.15) is 0 Å². The van der Waals surface area contributed by atoms with Crippen LogP contribution in [0.5, 0.6) is 0 Å². The van der Waals surface area contributed by atoms with Crippen molar-refractivity contribution in [1.82, 2.24) is 0 Å². The van der Waals surface area contributed by atoms with Crippen molar-refractivity contribution in [1.29, 1.82) is 0 Å². The average Bonchev–Trinajstić information content (AvgIpc) is 2.47. The van der Waals surface area contributed by atoms with Gasteiger partial charge in [-0.1, -0.05) is 50.5 Å². The topological polar surface area (TPSA) is 49.3 Å². The molecule has 1 amide bonds. The van der Waals surface area contributed by atoms with E-state index in [1.54, 1.807) is 0 Å². The maximum Gasteiger partial charge on any atom is 0.224 e. The lowest BCUT2D eigenvalue weighted by atomic mass is 10.1. The van der Waals surface area contributed by atoms with Crippen molar-refractivity contribution >= 4 is 11.6 Å². The number of aryl methyl sites for hydroxylation is 1. The summed E-state index contributed by atoms with van der Waals surface area (Å²) in [6.45, 7) is 3.97. The molecule has 0 unspecified atom stereocenters. The van der Waals surface area contributed by atoms with Gasteiger partial charge in [0.15, 0.2) is 0 Å². The molecule has 0 aliphatic carbocycles. The van der Waals surface area contributed by atoms with E-state index in [1.807, 2.05) is 25.1 Å². The minimum absolute atomic E-state index is 0.0300. The molecule has 1 aromatic rings. The molecule has 0 spiro atoms. The SMILES string of the molecule is CCCCCCCC(=O)Nc1ccc(C)cc1C#CCO. The summed E-state index contributed by atoms with van der Waals surface area (Å²) in [5, 5.41) is 11.7. The molecule has 0 aliphatic heterocycles. The van der Waals surface area contributed by atoms with E-state index in [-0.39, 0.29) is 12.5 Å². The monoisotopic (exact) mass is 287 g/mol. The summed E-state index contributed by atoms with van der Waals surface area (Å²) in [7, 11) is 0. The van der Waals surface area contributed by atoms with Crippen molar-refractivity contribution in [2.24, 2.45) is 0 Å². The van der Waals surface area contributed by atoms with Crippen LogP contribution in [0.15, 0.2) is 18.2 Å². The van der Waals surface area contributed by atoms with Crippen LogP contribution in [0.1, 0.15) is 56.6 Å². The summed E-state index contributed by atoms with van der Waals surface area (Å²) in [5.41, 5.74) is 2.55. The van der Waals surface area contributed by atoms with E-state index in [0.717, 1.165) is 29.7 Å². The quantitative estimate of drug-likeness (QED) is 0.594. The van der Waals surface area contributed by atoms with Crippen LogP contribution in [0.3, 0.4) is 0 Å². The zero-order valence-electron chi connectivity index (χ0n) is 13.0. The molecule has 0 aromatic heterocycles. The van der Waals surface area contributed by atoms with E-state index >= 15 is 0 Å². The van der Waals surface area contributed by atoms with Crippen LogP contribution >= 0.6 is 0 Å². The molecule has 2 N–H and O–H groups in total. The molecule has 0 saturated carbocycles. The van der Waals surface area contributed by atoms with Gasteiger partial charge in [0.1, 0.15) is 6.61 Å². The second-order valence-electron chi connectivity index (χ2n) is 5.22. The molecular formula is C18H25NO2. The highest BCUT2D eigenvalue weighted by Gasteiger charge is 2.06. The van der Waals surface area contributed by atoms with Gasteiger partial charge in [0.25, 0.3) is 0 Å². The van der Waals surface area contributed by atoms with Gasteiger partial charge in [-0.15, -0.1) is 0 Å². The van der Waals surface area contributed by atoms with Crippen molar-refractivity contribution in [3.05, 3.63) is 29.3 Å². The molecule has 1 rings (SSSR count). The molecule has 21 heavy (non-hydrogen) atoms. The van der Waals surface area contributed by atoms with Gasteiger partial charge in [-0.05, 0) is 31.0 Å². The van der Waals surface area contributed by atoms with E-state index in [9.17, 15) is 4.79 Å². The van der Waals surface area contributed by atoms with Gasteiger partial charge in [-0.25, -0.2) is 0 Å². The maximum atomic E-state index is 11.9. The molecule has 0 atom stereocenters. The first-order chi connectivity index (χ1) is 10.2. The number of rotatable bonds is 7. The number of nitrogens with one attached hydrogen (secondary N) is 1. The summed E-state index contributed by atoms with van der Waals surface area (Å²) in [5.74, 6) is 5.53. The Bertz CT molecular complexity index is 512. The fourth-order valence-corrected chi connectivity index (χ4v) is 2.11. The number of benzene rings is 1. The van der Waals surface area contributed by atoms with Crippen LogP contribution in [-0.4, -0.2) is 17.6 Å². The van der Waals surface area contributed by atoms with Gasteiger partial charge >= 0.3 is 0 Å². The number of hydrogen-bond acceptors (Lipinski definition) is 2. The lowest BCUT2D eigenvalue weighted by Gasteiger charge is -2.08. The Labute approximate surface area is 127 Å². The Kier molecular flexibility index (Phi) is 8.23. The number of hydrogen-bond donors (Lipinski definition) is 2. The smallest absolute Gasteiger partial charge is 0.224 e. The first-order valence-electron chi connectivity index (χ1n) is 7.67. The van der Waals surface area contributed by atoms with E-state index in [4.69, 9.17) is 5.11 Å². The second-order valence-corrected chi connectivity index (χ2v) is 5.22. The fourth-order valence-electron chi connectivity index (χ4n) is 2.11. The van der Waals surface area contributed by atoms with E-state index < -0.39 is 0 Å². The van der Waals surface area contributed by atoms with Gasteiger partial charge in [0.2, 0.25) is 5.91 Å². The number of unbranched alkanes of at least 4 members (excludes halogenated alkanes) is 4. The van der Waals surface area contributed by atoms with E-state index in [2.05, 4.69) is 24.1 Å². The van der Waals surface area contributed by atoms with Crippen molar-refractivity contribution in [2.75, 3.05) is 11.9 Å². The largest absolute Gasteiger partial charge is 0.384 e. The van der Waals surface area contributed by atoms with Crippen molar-refractivity contribution in [3.63, 3.8) is 0 Å². The highest BCUT2D eigenvalue weighted by molar-refractivity contribution is 5.92. The summed E-state index contributed by atoms with van der Waals surface area (Å²) in [4.78, 5) is 11.9. The normalized spacial score (nSPS) is 9.86. The lowest BCUT2D eigenvalue weighted by Crippen LogP contribution is -2.12. The highest BCUT2D eigenvalue weighted by atomic mass is 16.2. The van der Waals surface area contributed by atoms with E-state index in [0.29, 0.717) is 6.42 Å². The molecule has 1 aromatic carbocycles. The van der Waals surface area contributed by atoms with Crippen molar-refractivity contribution in [3.8, 4) is 11.8 Å². The number of anilines is 1. The number of carbonyl (C=O) groups is 1. The van der Waals surface area contributed by atoms with Crippen LogP contribution in [0.4, 0.5) is 5.69 Å². The number of amides is 1. The Morgan fingerprint density at radius 3 is 2.71 bits per heavy atom. The molecular weight excluding hydrogens is 262 g/mol. The second kappa shape index (κ2) is 10.0. The zero-order chi connectivity index (χ0) is 15.5. The van der Waals surface area contributed by atoms with Gasteiger partial charge < -0.3 is 10.4 Å². The standard InChI is InChI=1S/C18H25NO2/c1-3-4-5-6-7-10-18(21)19-17-12-11-15(2)14-16(17)9-8-13-20/h11-12,14,20H,3-7,10,13H2,1-2H3,(H,19,21). The molecule has 114 valence electrons. The van der Waals surface area contributed by atoms with Crippen LogP contribution in [0, 0.1) is 18.8 Å². The highest BCUT2D eigenvalue weighted by Crippen LogP contribution is 2.17. The third kappa shape index (κ3) is 6.97. The molecule has 3 heteroatoms. The number of carbonyl (C=O) groups excluding carboxylic acids is 1. The molecule has 0 radical (unpaired) electrons. The summed E-state index contributed by atoms with van der Waals surface area (Å²) in [6.07, 6.45) is 6.22. The molecule has 0 heterocycles. The lowest BCUT2D eigenvalue weighted by molar-refractivity contribution is -0.116. The zero-order valence-corrected chi connectivity index (χ0v) is 13.0. The van der Waals surface area contributed by atoms with Gasteiger partial charge in [0, 0.05) is 12.0 Å². The minimum Gasteiger partial charge on any atom is -0.384 e. The van der Waals surface area contributed by atoms with E-state index in [1.165, 1.54) is 19.3 Å². The van der Waals surface area contributed by atoms with Crippen LogP contribution in [0.2, 0.25) is 0 Å². The third-order valence-corrected chi connectivity index (χ3v) is 3.26.